The summed E-state index contributed by atoms with van der Waals surface area (Å²) in [5.74, 6) is 1.45. The molecule has 0 aromatic carbocycles. The van der Waals surface area contributed by atoms with Crippen molar-refractivity contribution in [3.05, 3.63) is 6.20 Å². The Bertz CT molecular complexity index is 492. The maximum absolute atomic E-state index is 4.46. The topological polar surface area (TPSA) is 78.5 Å². The quantitative estimate of drug-likeness (QED) is 0.737. The fourth-order valence-corrected chi connectivity index (χ4v) is 1.52. The number of aromatic nitrogens is 4. The van der Waals surface area contributed by atoms with E-state index in [9.17, 15) is 0 Å². The zero-order valence-corrected chi connectivity index (χ0v) is 10.4. The first-order valence-electron chi connectivity index (χ1n) is 5.96. The molecule has 3 N–H and O–H groups in total. The summed E-state index contributed by atoms with van der Waals surface area (Å²) in [4.78, 5) is 8.80. The van der Waals surface area contributed by atoms with Gasteiger partial charge in [0.1, 0.15) is 5.82 Å². The van der Waals surface area contributed by atoms with Crippen LogP contribution in [-0.2, 0) is 0 Å². The van der Waals surface area contributed by atoms with E-state index in [2.05, 4.69) is 44.6 Å². The molecule has 0 fully saturated rings. The van der Waals surface area contributed by atoms with Crippen molar-refractivity contribution < 1.29 is 0 Å². The average Bonchev–Trinajstić information content (AvgIpc) is 2.77. The van der Waals surface area contributed by atoms with Crippen LogP contribution in [0.4, 0.5) is 11.8 Å². The molecule has 6 nitrogen and oxygen atoms in total. The van der Waals surface area contributed by atoms with Gasteiger partial charge in [0.15, 0.2) is 5.65 Å². The van der Waals surface area contributed by atoms with Crippen molar-refractivity contribution in [1.29, 1.82) is 0 Å². The van der Waals surface area contributed by atoms with E-state index in [4.69, 9.17) is 0 Å². The molecular weight excluding hydrogens is 216 g/mol. The standard InChI is InChI=1S/C11H18N6/c1-4-7(3)14-9-8-6-13-17-10(8)16-11(15-9)12-5-2/h6-7H,4-5H2,1-3H3,(H3,12,13,14,15,16,17). The number of nitrogens with one attached hydrogen (secondary N) is 3. The maximum atomic E-state index is 4.46. The summed E-state index contributed by atoms with van der Waals surface area (Å²) in [5.41, 5.74) is 0.752. The Kier molecular flexibility index (Phi) is 3.41. The predicted octanol–water partition coefficient (Wildman–Crippen LogP) is 2.00. The molecule has 0 aliphatic rings. The summed E-state index contributed by atoms with van der Waals surface area (Å²) < 4.78 is 0. The lowest BCUT2D eigenvalue weighted by atomic mass is 10.2. The van der Waals surface area contributed by atoms with Crippen LogP contribution < -0.4 is 10.6 Å². The Morgan fingerprint density at radius 1 is 1.35 bits per heavy atom. The van der Waals surface area contributed by atoms with Gasteiger partial charge in [-0.2, -0.15) is 15.1 Å². The highest BCUT2D eigenvalue weighted by Crippen LogP contribution is 2.20. The second-order valence-corrected chi connectivity index (χ2v) is 4.01. The minimum atomic E-state index is 0.373. The monoisotopic (exact) mass is 234 g/mol. The molecule has 6 heteroatoms. The summed E-state index contributed by atoms with van der Waals surface area (Å²) in [5, 5.41) is 14.3. The van der Waals surface area contributed by atoms with Crippen molar-refractivity contribution in [2.75, 3.05) is 17.2 Å². The molecule has 1 atom stereocenters. The van der Waals surface area contributed by atoms with Gasteiger partial charge in [-0.05, 0) is 20.3 Å². The van der Waals surface area contributed by atoms with E-state index in [-0.39, 0.29) is 0 Å². The SMILES string of the molecule is CCNc1nc(NC(C)CC)c2cn[nH]c2n1. The lowest BCUT2D eigenvalue weighted by molar-refractivity contribution is 0.760. The zero-order chi connectivity index (χ0) is 12.3. The Morgan fingerprint density at radius 2 is 2.18 bits per heavy atom. The molecule has 0 amide bonds. The van der Waals surface area contributed by atoms with Gasteiger partial charge in [0.2, 0.25) is 5.95 Å². The predicted molar refractivity (Wildman–Crippen MR) is 69.2 cm³/mol. The Hall–Kier alpha value is -1.85. The first kappa shape index (κ1) is 11.6. The van der Waals surface area contributed by atoms with Gasteiger partial charge in [0, 0.05) is 12.6 Å². The van der Waals surface area contributed by atoms with Crippen LogP contribution in [0, 0.1) is 0 Å². The molecule has 0 spiro atoms. The number of anilines is 2. The highest BCUT2D eigenvalue weighted by atomic mass is 15.2. The summed E-state index contributed by atoms with van der Waals surface area (Å²) in [6.45, 7) is 7.07. The van der Waals surface area contributed by atoms with Gasteiger partial charge in [-0.15, -0.1) is 0 Å². The second-order valence-electron chi connectivity index (χ2n) is 4.01. The molecule has 0 aliphatic carbocycles. The van der Waals surface area contributed by atoms with Crippen LogP contribution in [0.15, 0.2) is 6.20 Å². The third-order valence-corrected chi connectivity index (χ3v) is 2.64. The van der Waals surface area contributed by atoms with Crippen molar-refractivity contribution in [2.45, 2.75) is 33.2 Å². The van der Waals surface area contributed by atoms with Crippen LogP contribution in [0.25, 0.3) is 11.0 Å². The minimum Gasteiger partial charge on any atom is -0.367 e. The fraction of sp³-hybridized carbons (Fsp3) is 0.545. The molecule has 92 valence electrons. The van der Waals surface area contributed by atoms with Gasteiger partial charge in [0.25, 0.3) is 0 Å². The van der Waals surface area contributed by atoms with E-state index in [1.54, 1.807) is 6.20 Å². The number of aromatic amines is 1. The van der Waals surface area contributed by atoms with Gasteiger partial charge in [-0.1, -0.05) is 6.92 Å². The number of H-pyrrole nitrogens is 1. The molecule has 1 unspecified atom stereocenters. The number of nitrogens with zero attached hydrogens (tertiary/aromatic N) is 3. The lowest BCUT2D eigenvalue weighted by Crippen LogP contribution is -2.15. The molecule has 2 aromatic heterocycles. The molecule has 0 bridgehead atoms. The van der Waals surface area contributed by atoms with Gasteiger partial charge in [-0.25, -0.2) is 0 Å². The number of rotatable bonds is 5. The first-order valence-corrected chi connectivity index (χ1v) is 5.96. The third-order valence-electron chi connectivity index (χ3n) is 2.64. The number of hydrogen-bond donors (Lipinski definition) is 3. The largest absolute Gasteiger partial charge is 0.367 e. The third kappa shape index (κ3) is 2.46. The van der Waals surface area contributed by atoms with Crippen molar-refractivity contribution in [1.82, 2.24) is 20.2 Å². The van der Waals surface area contributed by atoms with E-state index in [0.29, 0.717) is 12.0 Å². The van der Waals surface area contributed by atoms with E-state index in [1.165, 1.54) is 0 Å². The van der Waals surface area contributed by atoms with Gasteiger partial charge >= 0.3 is 0 Å². The maximum Gasteiger partial charge on any atom is 0.226 e. The van der Waals surface area contributed by atoms with Crippen molar-refractivity contribution >= 4 is 22.8 Å². The summed E-state index contributed by atoms with van der Waals surface area (Å²) in [6, 6.07) is 0.373. The molecule has 0 saturated heterocycles. The van der Waals surface area contributed by atoms with Gasteiger partial charge < -0.3 is 10.6 Å². The van der Waals surface area contributed by atoms with Crippen molar-refractivity contribution in [3.8, 4) is 0 Å². The molecule has 0 radical (unpaired) electrons. The first-order chi connectivity index (χ1) is 8.24. The number of fused-ring (bicyclic) bond motifs is 1. The summed E-state index contributed by atoms with van der Waals surface area (Å²) in [7, 11) is 0. The van der Waals surface area contributed by atoms with E-state index in [1.807, 2.05) is 6.92 Å². The van der Waals surface area contributed by atoms with Gasteiger partial charge in [0.05, 0.1) is 11.6 Å². The Morgan fingerprint density at radius 3 is 2.88 bits per heavy atom. The van der Waals surface area contributed by atoms with Crippen molar-refractivity contribution in [3.63, 3.8) is 0 Å². The molecule has 0 saturated carbocycles. The highest BCUT2D eigenvalue weighted by molar-refractivity contribution is 5.87. The van der Waals surface area contributed by atoms with E-state index in [0.717, 1.165) is 29.8 Å². The van der Waals surface area contributed by atoms with Crippen molar-refractivity contribution in [2.24, 2.45) is 0 Å². The van der Waals surface area contributed by atoms with Crippen LogP contribution in [0.5, 0.6) is 0 Å². The molecule has 17 heavy (non-hydrogen) atoms. The zero-order valence-electron chi connectivity index (χ0n) is 10.4. The van der Waals surface area contributed by atoms with Crippen LogP contribution in [0.1, 0.15) is 27.2 Å². The Balaban J connectivity index is 2.39. The molecule has 2 heterocycles. The Labute approximate surface area is 100 Å². The van der Waals surface area contributed by atoms with E-state index < -0.39 is 0 Å². The van der Waals surface area contributed by atoms with Crippen LogP contribution >= 0.6 is 0 Å². The molecule has 2 rings (SSSR count). The highest BCUT2D eigenvalue weighted by Gasteiger charge is 2.10. The van der Waals surface area contributed by atoms with Crippen LogP contribution in [0.3, 0.4) is 0 Å². The van der Waals surface area contributed by atoms with Gasteiger partial charge in [-0.3, -0.25) is 5.10 Å². The second kappa shape index (κ2) is 4.99. The molecular formula is C11H18N6. The summed E-state index contributed by atoms with van der Waals surface area (Å²) >= 11 is 0. The minimum absolute atomic E-state index is 0.373. The van der Waals surface area contributed by atoms with Crippen LogP contribution in [0.2, 0.25) is 0 Å². The molecule has 0 aliphatic heterocycles. The fourth-order valence-electron chi connectivity index (χ4n) is 1.52. The summed E-state index contributed by atoms with van der Waals surface area (Å²) in [6.07, 6.45) is 2.79. The smallest absolute Gasteiger partial charge is 0.226 e. The lowest BCUT2D eigenvalue weighted by Gasteiger charge is -2.13. The number of hydrogen-bond acceptors (Lipinski definition) is 5. The normalized spacial score (nSPS) is 12.6. The van der Waals surface area contributed by atoms with Crippen LogP contribution in [-0.4, -0.2) is 32.8 Å². The average molecular weight is 234 g/mol. The van der Waals surface area contributed by atoms with E-state index >= 15 is 0 Å². The molecule has 2 aromatic rings.